The van der Waals surface area contributed by atoms with Crippen molar-refractivity contribution in [2.45, 2.75) is 4.90 Å². The minimum absolute atomic E-state index is 0.0199. The van der Waals surface area contributed by atoms with E-state index in [4.69, 9.17) is 17.0 Å². The number of benzene rings is 1. The fraction of sp³-hybridized carbons (Fsp3) is 0. The molecule has 0 spiro atoms. The van der Waals surface area contributed by atoms with Crippen LogP contribution in [-0.2, 0) is 14.3 Å². The van der Waals surface area contributed by atoms with Crippen molar-refractivity contribution in [2.24, 2.45) is 5.14 Å². The molecule has 0 aliphatic carbocycles. The quantitative estimate of drug-likeness (QED) is 0.815. The van der Waals surface area contributed by atoms with Crippen LogP contribution in [0.1, 0.15) is 10.4 Å². The summed E-state index contributed by atoms with van der Waals surface area (Å²) in [6, 6.07) is 5.07. The third-order valence-electron chi connectivity index (χ3n) is 1.47. The molecule has 0 amide bonds. The van der Waals surface area contributed by atoms with Gasteiger partial charge in [0.05, 0.1) is 10.5 Å². The van der Waals surface area contributed by atoms with Crippen LogP contribution in [0.5, 0.6) is 0 Å². The monoisotopic (exact) mass is 235 g/mol. The van der Waals surface area contributed by atoms with E-state index in [-0.39, 0.29) is 10.5 Å². The average Bonchev–Trinajstić information content (AvgIpc) is 2.15. The highest BCUT2D eigenvalue weighted by molar-refractivity contribution is 7.89. The molecule has 2 N–H and O–H groups in total. The number of hydrogen-bond donors (Lipinski definition) is 1. The van der Waals surface area contributed by atoms with Gasteiger partial charge in [-0.25, -0.2) is 18.4 Å². The van der Waals surface area contributed by atoms with E-state index in [2.05, 4.69) is 4.29 Å². The number of carbonyl (C=O) groups excluding carboxylic acids is 1. The Morgan fingerprint density at radius 1 is 1.43 bits per heavy atom. The van der Waals surface area contributed by atoms with Gasteiger partial charge >= 0.3 is 5.97 Å². The van der Waals surface area contributed by atoms with Gasteiger partial charge in [0.15, 0.2) is 0 Å². The van der Waals surface area contributed by atoms with Crippen LogP contribution in [0, 0.1) is 0 Å². The molecule has 1 aromatic rings. The van der Waals surface area contributed by atoms with Gasteiger partial charge in [0.2, 0.25) is 10.0 Å². The van der Waals surface area contributed by atoms with Crippen LogP contribution in [0.4, 0.5) is 0 Å². The molecule has 0 fully saturated rings. The van der Waals surface area contributed by atoms with Crippen LogP contribution in [0.15, 0.2) is 29.2 Å². The first kappa shape index (κ1) is 11.0. The molecule has 0 heterocycles. The lowest BCUT2D eigenvalue weighted by Crippen LogP contribution is -2.13. The normalized spacial score (nSPS) is 11.0. The summed E-state index contributed by atoms with van der Waals surface area (Å²) in [4.78, 5) is 10.7. The summed E-state index contributed by atoms with van der Waals surface area (Å²) >= 11 is 4.82. The van der Waals surface area contributed by atoms with Crippen LogP contribution in [0.25, 0.3) is 0 Å². The molecule has 0 bridgehead atoms. The summed E-state index contributed by atoms with van der Waals surface area (Å²) < 4.78 is 25.7. The molecule has 1 aromatic carbocycles. The van der Waals surface area contributed by atoms with E-state index >= 15 is 0 Å². The zero-order valence-corrected chi connectivity index (χ0v) is 8.38. The largest absolute Gasteiger partial charge is 0.356 e. The molecule has 14 heavy (non-hydrogen) atoms. The SMILES string of the molecule is NS(=O)(=O)c1cccc(C(=O)OCl)c1. The predicted molar refractivity (Wildman–Crippen MR) is 49.1 cm³/mol. The fourth-order valence-corrected chi connectivity index (χ4v) is 1.49. The lowest BCUT2D eigenvalue weighted by molar-refractivity contribution is 0.0751. The summed E-state index contributed by atoms with van der Waals surface area (Å²) in [5.74, 6) is -0.836. The summed E-state index contributed by atoms with van der Waals surface area (Å²) in [5.41, 5.74) is 0.0199. The molecule has 76 valence electrons. The van der Waals surface area contributed by atoms with Crippen LogP contribution in [-0.4, -0.2) is 14.4 Å². The van der Waals surface area contributed by atoms with E-state index in [0.717, 1.165) is 6.07 Å². The number of hydrogen-bond acceptors (Lipinski definition) is 4. The Labute approximate surface area is 85.6 Å². The van der Waals surface area contributed by atoms with E-state index in [9.17, 15) is 13.2 Å². The van der Waals surface area contributed by atoms with E-state index in [1.165, 1.54) is 18.2 Å². The first-order valence-electron chi connectivity index (χ1n) is 3.41. The number of nitrogens with two attached hydrogens (primary N) is 1. The molecule has 0 saturated carbocycles. The van der Waals surface area contributed by atoms with Crippen molar-refractivity contribution < 1.29 is 17.5 Å². The molecule has 1 rings (SSSR count). The highest BCUT2D eigenvalue weighted by Crippen LogP contribution is 2.11. The lowest BCUT2D eigenvalue weighted by atomic mass is 10.2. The zero-order chi connectivity index (χ0) is 10.8. The highest BCUT2D eigenvalue weighted by atomic mass is 35.5. The maximum atomic E-state index is 10.9. The molecule has 0 atom stereocenters. The molecule has 0 aliphatic rings. The average molecular weight is 236 g/mol. The van der Waals surface area contributed by atoms with Crippen LogP contribution >= 0.6 is 11.9 Å². The van der Waals surface area contributed by atoms with Gasteiger partial charge in [-0.05, 0) is 18.2 Å². The molecular formula is C7H6ClNO4S. The Morgan fingerprint density at radius 3 is 2.57 bits per heavy atom. The molecule has 0 unspecified atom stereocenters. The Hall–Kier alpha value is -1.11. The molecule has 5 nitrogen and oxygen atoms in total. The number of primary sulfonamides is 1. The Bertz CT molecular complexity index is 457. The smallest absolute Gasteiger partial charge is 0.343 e. The van der Waals surface area contributed by atoms with Crippen LogP contribution in [0.3, 0.4) is 0 Å². The van der Waals surface area contributed by atoms with Crippen LogP contribution in [0.2, 0.25) is 0 Å². The molecular weight excluding hydrogens is 230 g/mol. The van der Waals surface area contributed by atoms with Crippen molar-refractivity contribution >= 4 is 27.9 Å². The van der Waals surface area contributed by atoms with Crippen molar-refractivity contribution in [2.75, 3.05) is 0 Å². The fourth-order valence-electron chi connectivity index (χ4n) is 0.845. The standard InChI is InChI=1S/C7H6ClNO4S/c8-13-7(10)5-2-1-3-6(4-5)14(9,11)12/h1-4H,(H2,9,11,12). The van der Waals surface area contributed by atoms with Crippen LogP contribution < -0.4 is 5.14 Å². The third-order valence-corrected chi connectivity index (χ3v) is 2.52. The lowest BCUT2D eigenvalue weighted by Gasteiger charge is -1.99. The van der Waals surface area contributed by atoms with E-state index in [0.29, 0.717) is 0 Å². The van der Waals surface area contributed by atoms with Crippen molar-refractivity contribution in [3.63, 3.8) is 0 Å². The molecule has 7 heteroatoms. The summed E-state index contributed by atoms with van der Waals surface area (Å²) in [5, 5.41) is 4.85. The summed E-state index contributed by atoms with van der Waals surface area (Å²) in [6.07, 6.45) is 0. The Balaban J connectivity index is 3.21. The molecule has 0 aromatic heterocycles. The van der Waals surface area contributed by atoms with Gasteiger partial charge in [-0.2, -0.15) is 0 Å². The first-order chi connectivity index (χ1) is 6.45. The number of sulfonamides is 1. The van der Waals surface area contributed by atoms with Gasteiger partial charge in [-0.3, -0.25) is 0 Å². The molecule has 0 aliphatic heterocycles. The van der Waals surface area contributed by atoms with Gasteiger partial charge in [-0.15, -0.1) is 0 Å². The Kier molecular flexibility index (Phi) is 3.10. The molecule has 0 radical (unpaired) electrons. The summed E-state index contributed by atoms with van der Waals surface area (Å²) in [6.45, 7) is 0. The van der Waals surface area contributed by atoms with Gasteiger partial charge in [0, 0.05) is 0 Å². The second kappa shape index (κ2) is 3.95. The van der Waals surface area contributed by atoms with Crippen molar-refractivity contribution in [1.82, 2.24) is 0 Å². The van der Waals surface area contributed by atoms with Crippen molar-refractivity contribution in [3.8, 4) is 0 Å². The van der Waals surface area contributed by atoms with Crippen molar-refractivity contribution in [1.29, 1.82) is 0 Å². The van der Waals surface area contributed by atoms with E-state index in [1.54, 1.807) is 0 Å². The van der Waals surface area contributed by atoms with Crippen molar-refractivity contribution in [3.05, 3.63) is 29.8 Å². The van der Waals surface area contributed by atoms with E-state index in [1.807, 2.05) is 0 Å². The van der Waals surface area contributed by atoms with E-state index < -0.39 is 16.0 Å². The topological polar surface area (TPSA) is 86.5 Å². The minimum Gasteiger partial charge on any atom is -0.343 e. The first-order valence-corrected chi connectivity index (χ1v) is 5.26. The second-order valence-corrected chi connectivity index (χ2v) is 4.15. The van der Waals surface area contributed by atoms with Gasteiger partial charge in [0.1, 0.15) is 11.9 Å². The number of carbonyl (C=O) groups is 1. The van der Waals surface area contributed by atoms with Gasteiger partial charge in [-0.1, -0.05) is 6.07 Å². The molecule has 0 saturated heterocycles. The van der Waals surface area contributed by atoms with Gasteiger partial charge < -0.3 is 4.29 Å². The second-order valence-electron chi connectivity index (χ2n) is 2.44. The Morgan fingerprint density at radius 2 is 2.07 bits per heavy atom. The predicted octanol–water partition coefficient (Wildman–Crippen LogP) is 0.645. The highest BCUT2D eigenvalue weighted by Gasteiger charge is 2.12. The van der Waals surface area contributed by atoms with Gasteiger partial charge in [0.25, 0.3) is 0 Å². The minimum atomic E-state index is -3.82. The summed E-state index contributed by atoms with van der Waals surface area (Å²) in [7, 11) is -3.82. The third kappa shape index (κ3) is 2.44. The number of rotatable bonds is 2. The number of halogens is 1. The maximum absolute atomic E-state index is 10.9. The zero-order valence-electron chi connectivity index (χ0n) is 6.81. The maximum Gasteiger partial charge on any atom is 0.356 e.